The van der Waals surface area contributed by atoms with E-state index in [0.29, 0.717) is 0 Å². The minimum Gasteiger partial charge on any atom is -0.274 e. The van der Waals surface area contributed by atoms with E-state index in [1.807, 2.05) is 24.3 Å². The lowest BCUT2D eigenvalue weighted by Gasteiger charge is -2.36. The van der Waals surface area contributed by atoms with Crippen LogP contribution in [0.4, 0.5) is 0 Å². The molecule has 2 aliphatic rings. The molecule has 222 valence electrons. The van der Waals surface area contributed by atoms with Crippen molar-refractivity contribution in [3.05, 3.63) is 169 Å². The van der Waals surface area contributed by atoms with Crippen LogP contribution in [-0.2, 0) is 0 Å². The highest BCUT2D eigenvalue weighted by atomic mass is 14.9. The summed E-state index contributed by atoms with van der Waals surface area (Å²) in [7, 11) is 0. The van der Waals surface area contributed by atoms with Gasteiger partial charge in [-0.05, 0) is 41.5 Å². The van der Waals surface area contributed by atoms with E-state index in [1.165, 1.54) is 0 Å². The predicted molar refractivity (Wildman–Crippen MR) is 193 cm³/mol. The first-order valence-corrected chi connectivity index (χ1v) is 16.0. The molecule has 4 heterocycles. The molecule has 0 fully saturated rings. The van der Waals surface area contributed by atoms with Crippen molar-refractivity contribution in [2.75, 3.05) is 0 Å². The molecule has 0 saturated heterocycles. The molecule has 0 spiro atoms. The molecule has 9 rings (SSSR count). The molecule has 7 aromatic rings. The number of nitrogens with zero attached hydrogens (tertiary/aromatic N) is 4. The standard InChI is InChI=1S/C43H30N4/c1-43-25-23-32-19-22-37(46-41(32)42(43)47-38(24-26-43)29-11-6-3-7-12-29)34-14-8-13-33(27-34)36-21-18-31-16-15-30-17-20-35(28-9-4-2-5-10-28)44-39(30)40(31)45-36/h2-27,42H,1H3. The van der Waals surface area contributed by atoms with Gasteiger partial charge in [-0.25, -0.2) is 15.0 Å². The van der Waals surface area contributed by atoms with E-state index in [1.54, 1.807) is 0 Å². The summed E-state index contributed by atoms with van der Waals surface area (Å²) >= 11 is 0. The van der Waals surface area contributed by atoms with Gasteiger partial charge in [0.25, 0.3) is 0 Å². The van der Waals surface area contributed by atoms with Crippen LogP contribution in [0.3, 0.4) is 0 Å². The number of hydrogen-bond donors (Lipinski definition) is 0. The quantitative estimate of drug-likeness (QED) is 0.188. The first-order valence-electron chi connectivity index (χ1n) is 16.0. The summed E-state index contributed by atoms with van der Waals surface area (Å²) in [5.74, 6) is 0. The molecule has 0 radical (unpaired) electrons. The van der Waals surface area contributed by atoms with Crippen molar-refractivity contribution in [3.63, 3.8) is 0 Å². The topological polar surface area (TPSA) is 51.0 Å². The lowest BCUT2D eigenvalue weighted by atomic mass is 9.73. The fraction of sp³-hybridized carbons (Fsp3) is 0.0698. The molecule has 4 heteroatoms. The molecular weight excluding hydrogens is 573 g/mol. The SMILES string of the molecule is CC12C=CC(c3ccccc3)=NC1c1nc(-c3cccc(-c4ccc5ccc6ccc(-c7ccccc7)nc6c5n4)c3)ccc1C=C2. The van der Waals surface area contributed by atoms with Crippen LogP contribution in [0.2, 0.25) is 0 Å². The second kappa shape index (κ2) is 10.8. The highest BCUT2D eigenvalue weighted by Gasteiger charge is 2.38. The Labute approximate surface area is 273 Å². The van der Waals surface area contributed by atoms with Crippen molar-refractivity contribution in [1.29, 1.82) is 0 Å². The van der Waals surface area contributed by atoms with Crippen LogP contribution in [0.5, 0.6) is 0 Å². The van der Waals surface area contributed by atoms with Gasteiger partial charge < -0.3 is 0 Å². The first kappa shape index (κ1) is 27.3. The van der Waals surface area contributed by atoms with Crippen molar-refractivity contribution in [2.24, 2.45) is 10.4 Å². The van der Waals surface area contributed by atoms with E-state index in [9.17, 15) is 0 Å². The van der Waals surface area contributed by atoms with Gasteiger partial charge in [0.05, 0.1) is 39.5 Å². The second-order valence-electron chi connectivity index (χ2n) is 12.5. The number of hydrogen-bond acceptors (Lipinski definition) is 4. The number of dihydropyridines is 1. The van der Waals surface area contributed by atoms with Crippen molar-refractivity contribution in [2.45, 2.75) is 13.0 Å². The molecule has 0 saturated carbocycles. The molecule has 2 atom stereocenters. The molecule has 0 amide bonds. The van der Waals surface area contributed by atoms with Crippen LogP contribution in [0.15, 0.2) is 157 Å². The number of fused-ring (bicyclic) bond motifs is 6. The third-order valence-corrected chi connectivity index (χ3v) is 9.41. The highest BCUT2D eigenvalue weighted by molar-refractivity contribution is 6.09. The number of aliphatic imine (C=N–C) groups is 1. The lowest BCUT2D eigenvalue weighted by molar-refractivity contribution is 0.421. The largest absolute Gasteiger partial charge is 0.274 e. The van der Waals surface area contributed by atoms with Crippen LogP contribution >= 0.6 is 0 Å². The maximum absolute atomic E-state index is 5.28. The fourth-order valence-corrected chi connectivity index (χ4v) is 6.76. The molecule has 0 N–H and O–H groups in total. The van der Waals surface area contributed by atoms with Crippen LogP contribution in [0, 0.1) is 5.41 Å². The van der Waals surface area contributed by atoms with Crippen LogP contribution in [-0.4, -0.2) is 20.7 Å². The third kappa shape index (κ3) is 4.77. The van der Waals surface area contributed by atoms with Crippen LogP contribution in [0.25, 0.3) is 61.7 Å². The van der Waals surface area contributed by atoms with E-state index in [4.69, 9.17) is 19.9 Å². The number of aromatic nitrogens is 3. The second-order valence-corrected chi connectivity index (χ2v) is 12.5. The summed E-state index contributed by atoms with van der Waals surface area (Å²) in [5, 5.41) is 2.14. The van der Waals surface area contributed by atoms with Gasteiger partial charge in [0.2, 0.25) is 0 Å². The minimum atomic E-state index is -0.231. The van der Waals surface area contributed by atoms with Gasteiger partial charge in [-0.1, -0.05) is 134 Å². The normalized spacial score (nSPS) is 18.1. The Balaban J connectivity index is 1.11. The molecule has 1 aliphatic heterocycles. The Hall–Kier alpha value is -6.00. The van der Waals surface area contributed by atoms with Crippen molar-refractivity contribution in [1.82, 2.24) is 15.0 Å². The van der Waals surface area contributed by atoms with Crippen LogP contribution < -0.4 is 0 Å². The van der Waals surface area contributed by atoms with E-state index in [0.717, 1.165) is 78.1 Å². The zero-order valence-corrected chi connectivity index (χ0v) is 25.9. The maximum Gasteiger partial charge on any atom is 0.106 e. The number of rotatable bonds is 4. The zero-order chi connectivity index (χ0) is 31.4. The van der Waals surface area contributed by atoms with Gasteiger partial charge in [0.15, 0.2) is 0 Å². The molecule has 4 aromatic carbocycles. The maximum atomic E-state index is 5.28. The van der Waals surface area contributed by atoms with Gasteiger partial charge in [-0.2, -0.15) is 0 Å². The minimum absolute atomic E-state index is 0.102. The summed E-state index contributed by atoms with van der Waals surface area (Å²) in [4.78, 5) is 20.8. The van der Waals surface area contributed by atoms with Gasteiger partial charge in [0.1, 0.15) is 6.04 Å². The van der Waals surface area contributed by atoms with Gasteiger partial charge in [-0.3, -0.25) is 4.99 Å². The van der Waals surface area contributed by atoms with E-state index in [-0.39, 0.29) is 11.5 Å². The van der Waals surface area contributed by atoms with Crippen molar-refractivity contribution in [3.8, 4) is 33.8 Å². The van der Waals surface area contributed by atoms with E-state index in [2.05, 4.69) is 140 Å². The average Bonchev–Trinajstić information content (AvgIpc) is 3.14. The number of allylic oxidation sites excluding steroid dienone is 1. The smallest absolute Gasteiger partial charge is 0.106 e. The lowest BCUT2D eigenvalue weighted by Crippen LogP contribution is -2.28. The fourth-order valence-electron chi connectivity index (χ4n) is 6.76. The Bertz CT molecular complexity index is 2430. The number of benzene rings is 4. The molecule has 47 heavy (non-hydrogen) atoms. The third-order valence-electron chi connectivity index (χ3n) is 9.41. The first-order chi connectivity index (χ1) is 23.1. The van der Waals surface area contributed by atoms with Gasteiger partial charge >= 0.3 is 0 Å². The molecule has 0 bridgehead atoms. The summed E-state index contributed by atoms with van der Waals surface area (Å²) in [6.45, 7) is 2.24. The summed E-state index contributed by atoms with van der Waals surface area (Å²) < 4.78 is 0. The summed E-state index contributed by atoms with van der Waals surface area (Å²) in [5.41, 5.74) is 11.8. The molecule has 2 unspecified atom stereocenters. The van der Waals surface area contributed by atoms with Crippen molar-refractivity contribution < 1.29 is 0 Å². The molecule has 3 aromatic heterocycles. The Morgan fingerprint density at radius 2 is 1.02 bits per heavy atom. The molecular formula is C43H30N4. The monoisotopic (exact) mass is 602 g/mol. The Morgan fingerprint density at radius 1 is 0.489 bits per heavy atom. The Kier molecular flexibility index (Phi) is 6.29. The average molecular weight is 603 g/mol. The van der Waals surface area contributed by atoms with Gasteiger partial charge in [0, 0.05) is 32.9 Å². The summed E-state index contributed by atoms with van der Waals surface area (Å²) in [6.07, 6.45) is 8.86. The van der Waals surface area contributed by atoms with E-state index < -0.39 is 0 Å². The highest BCUT2D eigenvalue weighted by Crippen LogP contribution is 2.47. The van der Waals surface area contributed by atoms with E-state index >= 15 is 0 Å². The molecule has 4 nitrogen and oxygen atoms in total. The van der Waals surface area contributed by atoms with Gasteiger partial charge in [-0.15, -0.1) is 0 Å². The zero-order valence-electron chi connectivity index (χ0n) is 25.9. The van der Waals surface area contributed by atoms with Crippen LogP contribution in [0.1, 0.15) is 29.8 Å². The number of pyridine rings is 3. The Morgan fingerprint density at radius 3 is 1.70 bits per heavy atom. The van der Waals surface area contributed by atoms with Crippen molar-refractivity contribution >= 4 is 33.6 Å². The predicted octanol–water partition coefficient (Wildman–Crippen LogP) is 10.3. The summed E-state index contributed by atoms with van der Waals surface area (Å²) in [6, 6.07) is 46.1. The molecule has 1 aliphatic carbocycles.